The molecule has 1 unspecified atom stereocenters. The Morgan fingerprint density at radius 3 is 2.58 bits per heavy atom. The SMILES string of the molecule is CC(C)CN1Cc2ccc(C(F)(F)F)cc2C1CN. The number of rotatable bonds is 3. The van der Waals surface area contributed by atoms with Gasteiger partial charge in [0.25, 0.3) is 0 Å². The van der Waals surface area contributed by atoms with Crippen LogP contribution in [-0.2, 0) is 12.7 Å². The monoisotopic (exact) mass is 272 g/mol. The van der Waals surface area contributed by atoms with Crippen LogP contribution in [0.25, 0.3) is 0 Å². The topological polar surface area (TPSA) is 29.3 Å². The zero-order valence-corrected chi connectivity index (χ0v) is 11.2. The molecule has 0 saturated carbocycles. The van der Waals surface area contributed by atoms with E-state index in [2.05, 4.69) is 18.7 Å². The van der Waals surface area contributed by atoms with E-state index in [1.54, 1.807) is 6.07 Å². The molecular weight excluding hydrogens is 253 g/mol. The molecular formula is C14H19F3N2. The van der Waals surface area contributed by atoms with Crippen molar-refractivity contribution in [2.75, 3.05) is 13.1 Å². The lowest BCUT2D eigenvalue weighted by Gasteiger charge is -2.25. The number of hydrogen-bond donors (Lipinski definition) is 1. The summed E-state index contributed by atoms with van der Waals surface area (Å²) in [5.74, 6) is 0.463. The lowest BCUT2D eigenvalue weighted by molar-refractivity contribution is -0.137. The van der Waals surface area contributed by atoms with Crippen LogP contribution in [0.3, 0.4) is 0 Å². The summed E-state index contributed by atoms with van der Waals surface area (Å²) in [5, 5.41) is 0. The van der Waals surface area contributed by atoms with Crippen molar-refractivity contribution in [3.8, 4) is 0 Å². The second-order valence-corrected chi connectivity index (χ2v) is 5.49. The van der Waals surface area contributed by atoms with E-state index in [1.807, 2.05) is 0 Å². The maximum atomic E-state index is 12.7. The van der Waals surface area contributed by atoms with Gasteiger partial charge in [-0.3, -0.25) is 4.90 Å². The van der Waals surface area contributed by atoms with Gasteiger partial charge in [0.05, 0.1) is 5.56 Å². The van der Waals surface area contributed by atoms with Crippen LogP contribution in [0.2, 0.25) is 0 Å². The van der Waals surface area contributed by atoms with E-state index in [0.717, 1.165) is 23.7 Å². The van der Waals surface area contributed by atoms with Crippen LogP contribution < -0.4 is 5.73 Å². The minimum absolute atomic E-state index is 0.0975. The van der Waals surface area contributed by atoms with Crippen molar-refractivity contribution in [3.63, 3.8) is 0 Å². The molecule has 1 aromatic rings. The molecule has 19 heavy (non-hydrogen) atoms. The Hall–Kier alpha value is -1.07. The Labute approximate surface area is 111 Å². The third-order valence-electron chi connectivity index (χ3n) is 3.47. The predicted octanol–water partition coefficient (Wildman–Crippen LogP) is 3.18. The molecule has 1 atom stereocenters. The molecule has 106 valence electrons. The Kier molecular flexibility index (Phi) is 3.87. The summed E-state index contributed by atoms with van der Waals surface area (Å²) in [6, 6.07) is 3.90. The highest BCUT2D eigenvalue weighted by Gasteiger charge is 2.35. The van der Waals surface area contributed by atoms with Crippen LogP contribution in [0.1, 0.15) is 36.6 Å². The fraction of sp³-hybridized carbons (Fsp3) is 0.571. The van der Waals surface area contributed by atoms with Crippen LogP contribution in [0, 0.1) is 5.92 Å². The maximum absolute atomic E-state index is 12.7. The van der Waals surface area contributed by atoms with Crippen molar-refractivity contribution in [3.05, 3.63) is 34.9 Å². The molecule has 2 N–H and O–H groups in total. The number of alkyl halides is 3. The van der Waals surface area contributed by atoms with Gasteiger partial charge in [-0.25, -0.2) is 0 Å². The average Bonchev–Trinajstić information content (AvgIpc) is 2.62. The first kappa shape index (κ1) is 14.3. The van der Waals surface area contributed by atoms with Crippen molar-refractivity contribution < 1.29 is 13.2 Å². The number of halogens is 3. The standard InChI is InChI=1S/C14H19F3N2/c1-9(2)7-19-8-10-3-4-11(14(15,16)17)5-12(10)13(19)6-18/h3-5,9,13H,6-8,18H2,1-2H3. The van der Waals surface area contributed by atoms with Gasteiger partial charge < -0.3 is 5.73 Å². The summed E-state index contributed by atoms with van der Waals surface area (Å²) in [6.45, 7) is 6.07. The third kappa shape index (κ3) is 2.92. The predicted molar refractivity (Wildman–Crippen MR) is 68.5 cm³/mol. The summed E-state index contributed by atoms with van der Waals surface area (Å²) < 4.78 is 38.2. The number of benzene rings is 1. The fourth-order valence-electron chi connectivity index (χ4n) is 2.69. The van der Waals surface area contributed by atoms with E-state index in [9.17, 15) is 13.2 Å². The fourth-order valence-corrected chi connectivity index (χ4v) is 2.69. The minimum Gasteiger partial charge on any atom is -0.329 e. The minimum atomic E-state index is -4.29. The molecule has 0 radical (unpaired) electrons. The van der Waals surface area contributed by atoms with Crippen molar-refractivity contribution in [1.29, 1.82) is 0 Å². The molecule has 0 bridgehead atoms. The Morgan fingerprint density at radius 1 is 1.37 bits per heavy atom. The molecule has 0 fully saturated rings. The van der Waals surface area contributed by atoms with Gasteiger partial charge in [0, 0.05) is 25.7 Å². The zero-order valence-electron chi connectivity index (χ0n) is 11.2. The van der Waals surface area contributed by atoms with Gasteiger partial charge in [-0.1, -0.05) is 19.9 Å². The Balaban J connectivity index is 2.32. The molecule has 0 saturated heterocycles. The van der Waals surface area contributed by atoms with Crippen molar-refractivity contribution in [2.24, 2.45) is 11.7 Å². The average molecular weight is 272 g/mol. The van der Waals surface area contributed by atoms with E-state index in [1.165, 1.54) is 6.07 Å². The maximum Gasteiger partial charge on any atom is 0.416 e. The van der Waals surface area contributed by atoms with E-state index in [-0.39, 0.29) is 6.04 Å². The van der Waals surface area contributed by atoms with Gasteiger partial charge in [-0.05, 0) is 29.2 Å². The van der Waals surface area contributed by atoms with Crippen LogP contribution in [0.15, 0.2) is 18.2 Å². The van der Waals surface area contributed by atoms with Gasteiger partial charge >= 0.3 is 6.18 Å². The number of nitrogens with two attached hydrogens (primary N) is 1. The summed E-state index contributed by atoms with van der Waals surface area (Å²) in [5.41, 5.74) is 6.86. The van der Waals surface area contributed by atoms with Gasteiger partial charge in [0.2, 0.25) is 0 Å². The van der Waals surface area contributed by atoms with Gasteiger partial charge in [0.15, 0.2) is 0 Å². The zero-order chi connectivity index (χ0) is 14.2. The summed E-state index contributed by atoms with van der Waals surface area (Å²) >= 11 is 0. The van der Waals surface area contributed by atoms with Crippen molar-refractivity contribution in [2.45, 2.75) is 32.6 Å². The van der Waals surface area contributed by atoms with E-state index in [4.69, 9.17) is 5.73 Å². The highest BCUT2D eigenvalue weighted by atomic mass is 19.4. The van der Waals surface area contributed by atoms with Crippen LogP contribution >= 0.6 is 0 Å². The molecule has 5 heteroatoms. The van der Waals surface area contributed by atoms with Crippen LogP contribution in [-0.4, -0.2) is 18.0 Å². The second-order valence-electron chi connectivity index (χ2n) is 5.49. The summed E-state index contributed by atoms with van der Waals surface area (Å²) in [6.07, 6.45) is -4.29. The molecule has 1 aliphatic heterocycles. The van der Waals surface area contributed by atoms with Gasteiger partial charge in [-0.2, -0.15) is 13.2 Å². The van der Waals surface area contributed by atoms with Crippen LogP contribution in [0.5, 0.6) is 0 Å². The van der Waals surface area contributed by atoms with E-state index in [0.29, 0.717) is 19.0 Å². The summed E-state index contributed by atoms with van der Waals surface area (Å²) in [4.78, 5) is 2.16. The first-order valence-electron chi connectivity index (χ1n) is 6.47. The summed E-state index contributed by atoms with van der Waals surface area (Å²) in [7, 11) is 0. The molecule has 1 aromatic carbocycles. The lowest BCUT2D eigenvalue weighted by Crippen LogP contribution is -2.31. The highest BCUT2D eigenvalue weighted by Crippen LogP contribution is 2.38. The molecule has 2 nitrogen and oxygen atoms in total. The molecule has 2 rings (SSSR count). The molecule has 0 aromatic heterocycles. The first-order chi connectivity index (χ1) is 8.82. The Bertz CT molecular complexity index is 454. The van der Waals surface area contributed by atoms with E-state index >= 15 is 0 Å². The van der Waals surface area contributed by atoms with E-state index < -0.39 is 11.7 Å². The number of nitrogens with zero attached hydrogens (tertiary/aromatic N) is 1. The quantitative estimate of drug-likeness (QED) is 0.915. The molecule has 0 amide bonds. The van der Waals surface area contributed by atoms with Crippen LogP contribution in [0.4, 0.5) is 13.2 Å². The number of hydrogen-bond acceptors (Lipinski definition) is 2. The van der Waals surface area contributed by atoms with Gasteiger partial charge in [0.1, 0.15) is 0 Å². The molecule has 0 spiro atoms. The third-order valence-corrected chi connectivity index (χ3v) is 3.47. The largest absolute Gasteiger partial charge is 0.416 e. The number of fused-ring (bicyclic) bond motifs is 1. The first-order valence-corrected chi connectivity index (χ1v) is 6.47. The molecule has 1 heterocycles. The Morgan fingerprint density at radius 2 is 2.05 bits per heavy atom. The smallest absolute Gasteiger partial charge is 0.329 e. The highest BCUT2D eigenvalue weighted by molar-refractivity contribution is 5.39. The molecule has 0 aliphatic carbocycles. The molecule has 1 aliphatic rings. The normalized spacial score (nSPS) is 20.1. The van der Waals surface area contributed by atoms with Crippen molar-refractivity contribution in [1.82, 2.24) is 4.90 Å². The van der Waals surface area contributed by atoms with Gasteiger partial charge in [-0.15, -0.1) is 0 Å². The second kappa shape index (κ2) is 5.13. The lowest BCUT2D eigenvalue weighted by atomic mass is 10.0. The van der Waals surface area contributed by atoms with Crippen molar-refractivity contribution >= 4 is 0 Å².